The summed E-state index contributed by atoms with van der Waals surface area (Å²) >= 11 is 0. The van der Waals surface area contributed by atoms with Crippen LogP contribution in [0.25, 0.3) is 0 Å². The smallest absolute Gasteiger partial charge is 0.369 e. The number of alkyl halides is 3. The number of amides is 1. The van der Waals surface area contributed by atoms with E-state index in [0.717, 1.165) is 12.5 Å². The van der Waals surface area contributed by atoms with Crippen molar-refractivity contribution in [2.24, 2.45) is 5.73 Å². The van der Waals surface area contributed by atoms with Crippen molar-refractivity contribution in [2.45, 2.75) is 18.6 Å². The lowest BCUT2D eigenvalue weighted by Crippen LogP contribution is -2.32. The summed E-state index contributed by atoms with van der Waals surface area (Å²) in [6, 6.07) is 3.74. The zero-order valence-electron chi connectivity index (χ0n) is 11.9. The minimum atomic E-state index is -4.52. The van der Waals surface area contributed by atoms with Gasteiger partial charge in [0.2, 0.25) is 5.91 Å². The molecule has 7 heteroatoms. The Kier molecular flexibility index (Phi) is 4.13. The number of hydrogen-bond acceptors (Lipinski definition) is 3. The van der Waals surface area contributed by atoms with Gasteiger partial charge in [-0.2, -0.15) is 13.2 Å². The Bertz CT molecular complexity index is 543. The summed E-state index contributed by atoms with van der Waals surface area (Å²) in [5.41, 5.74) is 4.24. The van der Waals surface area contributed by atoms with Gasteiger partial charge in [0, 0.05) is 30.4 Å². The van der Waals surface area contributed by atoms with E-state index in [-0.39, 0.29) is 17.3 Å². The van der Waals surface area contributed by atoms with Crippen LogP contribution in [0.15, 0.2) is 18.2 Å². The van der Waals surface area contributed by atoms with Crippen molar-refractivity contribution >= 4 is 11.6 Å². The molecule has 0 aromatic heterocycles. The number of nitrogens with zero attached hydrogens (tertiary/aromatic N) is 2. The third-order valence-electron chi connectivity index (χ3n) is 3.82. The molecule has 1 aliphatic rings. The first-order valence-corrected chi connectivity index (χ1v) is 6.62. The number of primary amides is 1. The third kappa shape index (κ3) is 3.29. The molecule has 0 spiro atoms. The number of carbonyl (C=O) groups is 1. The molecule has 1 fully saturated rings. The fourth-order valence-corrected chi connectivity index (χ4v) is 2.57. The molecule has 1 atom stereocenters. The number of hydrogen-bond donors (Lipinski definition) is 1. The SMILES string of the molecule is CN(C)C1CCN(c2ccc(C(N)=O)cc2C(F)(F)F)C1. The van der Waals surface area contributed by atoms with E-state index in [0.29, 0.717) is 13.1 Å². The molecule has 2 rings (SSSR count). The van der Waals surface area contributed by atoms with E-state index in [9.17, 15) is 18.0 Å². The minimum absolute atomic E-state index is 0.108. The summed E-state index contributed by atoms with van der Waals surface area (Å²) in [6.07, 6.45) is -3.71. The highest BCUT2D eigenvalue weighted by Gasteiger charge is 2.37. The second-order valence-electron chi connectivity index (χ2n) is 5.45. The van der Waals surface area contributed by atoms with Gasteiger partial charge in [-0.15, -0.1) is 0 Å². The molecular weight excluding hydrogens is 283 g/mol. The molecule has 0 radical (unpaired) electrons. The summed E-state index contributed by atoms with van der Waals surface area (Å²) in [6.45, 7) is 1.09. The fraction of sp³-hybridized carbons (Fsp3) is 0.500. The van der Waals surface area contributed by atoms with Crippen LogP contribution >= 0.6 is 0 Å². The third-order valence-corrected chi connectivity index (χ3v) is 3.82. The van der Waals surface area contributed by atoms with Gasteiger partial charge in [0.1, 0.15) is 0 Å². The quantitative estimate of drug-likeness (QED) is 0.928. The Balaban J connectivity index is 2.38. The molecule has 1 saturated heterocycles. The molecular formula is C14H18F3N3O. The number of benzene rings is 1. The van der Waals surface area contributed by atoms with Crippen molar-refractivity contribution in [2.75, 3.05) is 32.1 Å². The maximum Gasteiger partial charge on any atom is 0.418 e. The average Bonchev–Trinajstić information content (AvgIpc) is 2.86. The van der Waals surface area contributed by atoms with Crippen LogP contribution in [-0.4, -0.2) is 44.0 Å². The summed E-state index contributed by atoms with van der Waals surface area (Å²) in [4.78, 5) is 14.8. The van der Waals surface area contributed by atoms with Gasteiger partial charge >= 0.3 is 6.18 Å². The lowest BCUT2D eigenvalue weighted by molar-refractivity contribution is -0.137. The Labute approximate surface area is 121 Å². The van der Waals surface area contributed by atoms with Crippen LogP contribution < -0.4 is 10.6 Å². The van der Waals surface area contributed by atoms with Crippen LogP contribution in [0.5, 0.6) is 0 Å². The highest BCUT2D eigenvalue weighted by molar-refractivity contribution is 5.93. The zero-order chi connectivity index (χ0) is 15.8. The van der Waals surface area contributed by atoms with Crippen molar-refractivity contribution in [1.29, 1.82) is 0 Å². The monoisotopic (exact) mass is 301 g/mol. The van der Waals surface area contributed by atoms with E-state index >= 15 is 0 Å². The first-order chi connectivity index (χ1) is 9.70. The summed E-state index contributed by atoms with van der Waals surface area (Å²) in [7, 11) is 3.82. The molecule has 0 aliphatic carbocycles. The van der Waals surface area contributed by atoms with Crippen molar-refractivity contribution < 1.29 is 18.0 Å². The van der Waals surface area contributed by atoms with Gasteiger partial charge in [-0.3, -0.25) is 4.79 Å². The van der Waals surface area contributed by atoms with Gasteiger partial charge in [0.25, 0.3) is 0 Å². The molecule has 1 unspecified atom stereocenters. The zero-order valence-corrected chi connectivity index (χ0v) is 11.9. The molecule has 0 bridgehead atoms. The summed E-state index contributed by atoms with van der Waals surface area (Å²) in [5, 5.41) is 0. The van der Waals surface area contributed by atoms with Crippen molar-refractivity contribution in [3.63, 3.8) is 0 Å². The lowest BCUT2D eigenvalue weighted by Gasteiger charge is -2.25. The summed E-state index contributed by atoms with van der Waals surface area (Å²) in [5.74, 6) is -0.861. The Hall–Kier alpha value is -1.76. The lowest BCUT2D eigenvalue weighted by atomic mass is 10.1. The number of likely N-dealkylation sites (N-methyl/N-ethyl adjacent to an activating group) is 1. The molecule has 1 aromatic rings. The number of anilines is 1. The standard InChI is InChI=1S/C14H18F3N3O/c1-19(2)10-5-6-20(8-10)12-4-3-9(13(18)21)7-11(12)14(15,16)17/h3-4,7,10H,5-6,8H2,1-2H3,(H2,18,21). The number of nitrogens with two attached hydrogens (primary N) is 1. The predicted octanol–water partition coefficient (Wildman–Crippen LogP) is 1.94. The van der Waals surface area contributed by atoms with E-state index in [2.05, 4.69) is 0 Å². The second kappa shape index (κ2) is 5.55. The molecule has 1 heterocycles. The first-order valence-electron chi connectivity index (χ1n) is 6.62. The van der Waals surface area contributed by atoms with Gasteiger partial charge in [-0.1, -0.05) is 0 Å². The number of carbonyl (C=O) groups excluding carboxylic acids is 1. The second-order valence-corrected chi connectivity index (χ2v) is 5.45. The van der Waals surface area contributed by atoms with Gasteiger partial charge in [0.15, 0.2) is 0 Å². The maximum atomic E-state index is 13.2. The highest BCUT2D eigenvalue weighted by Crippen LogP contribution is 2.38. The molecule has 1 aromatic carbocycles. The Morgan fingerprint density at radius 2 is 2.05 bits per heavy atom. The average molecular weight is 301 g/mol. The molecule has 0 saturated carbocycles. The Morgan fingerprint density at radius 3 is 2.52 bits per heavy atom. The van der Waals surface area contributed by atoms with Crippen LogP contribution in [0.4, 0.5) is 18.9 Å². The van der Waals surface area contributed by atoms with E-state index in [1.54, 1.807) is 4.90 Å². The van der Waals surface area contributed by atoms with E-state index < -0.39 is 17.6 Å². The van der Waals surface area contributed by atoms with Gasteiger partial charge in [-0.05, 0) is 38.7 Å². The van der Waals surface area contributed by atoms with Crippen molar-refractivity contribution in [3.8, 4) is 0 Å². The largest absolute Gasteiger partial charge is 0.418 e. The maximum absolute atomic E-state index is 13.2. The first kappa shape index (κ1) is 15.6. The van der Waals surface area contributed by atoms with Crippen LogP contribution in [-0.2, 0) is 6.18 Å². The Morgan fingerprint density at radius 1 is 1.38 bits per heavy atom. The molecule has 21 heavy (non-hydrogen) atoms. The highest BCUT2D eigenvalue weighted by atomic mass is 19.4. The van der Waals surface area contributed by atoms with Crippen LogP contribution in [0.2, 0.25) is 0 Å². The fourth-order valence-electron chi connectivity index (χ4n) is 2.57. The number of halogens is 3. The normalized spacial score (nSPS) is 19.3. The van der Waals surface area contributed by atoms with E-state index in [1.165, 1.54) is 12.1 Å². The molecule has 116 valence electrons. The van der Waals surface area contributed by atoms with E-state index in [4.69, 9.17) is 5.73 Å². The predicted molar refractivity (Wildman–Crippen MR) is 74.3 cm³/mol. The van der Waals surface area contributed by atoms with Gasteiger partial charge in [0.05, 0.1) is 5.56 Å². The number of rotatable bonds is 3. The molecule has 4 nitrogen and oxygen atoms in total. The molecule has 1 amide bonds. The van der Waals surface area contributed by atoms with Crippen molar-refractivity contribution in [3.05, 3.63) is 29.3 Å². The van der Waals surface area contributed by atoms with Gasteiger partial charge < -0.3 is 15.5 Å². The molecule has 2 N–H and O–H groups in total. The van der Waals surface area contributed by atoms with Crippen LogP contribution in [0, 0.1) is 0 Å². The van der Waals surface area contributed by atoms with Gasteiger partial charge in [-0.25, -0.2) is 0 Å². The van der Waals surface area contributed by atoms with E-state index in [1.807, 2.05) is 19.0 Å². The van der Waals surface area contributed by atoms with Crippen LogP contribution in [0.3, 0.4) is 0 Å². The van der Waals surface area contributed by atoms with Crippen LogP contribution in [0.1, 0.15) is 22.3 Å². The minimum Gasteiger partial charge on any atom is -0.369 e. The summed E-state index contributed by atoms with van der Waals surface area (Å²) < 4.78 is 39.6. The molecule has 1 aliphatic heterocycles. The van der Waals surface area contributed by atoms with Crippen molar-refractivity contribution in [1.82, 2.24) is 4.90 Å². The topological polar surface area (TPSA) is 49.6 Å².